The second-order valence-corrected chi connectivity index (χ2v) is 7.22. The van der Waals surface area contributed by atoms with Crippen LogP contribution in [-0.4, -0.2) is 22.9 Å². The number of anilines is 2. The molecule has 3 rings (SSSR count). The van der Waals surface area contributed by atoms with Gasteiger partial charge in [-0.1, -0.05) is 6.92 Å². The Hall–Kier alpha value is -2.74. The quantitative estimate of drug-likeness (QED) is 0.760. The van der Waals surface area contributed by atoms with Crippen molar-refractivity contribution in [1.29, 1.82) is 0 Å². The normalized spacial score (nSPS) is 13.1. The van der Waals surface area contributed by atoms with E-state index in [1.54, 1.807) is 6.92 Å². The number of hydrogen-bond acceptors (Lipinski definition) is 4. The standard InChI is InChI=1S/C18H17FN2O4S/c1-3-10-8(2)26-17(15(10)18(24)25)21-16(23)11-6-9-4-5-14(22)20-13(9)7-12(11)19/h6-7H,3-5H2,1-2H3,(H,20,22)(H,21,23)(H,24,25). The zero-order valence-electron chi connectivity index (χ0n) is 14.2. The maximum Gasteiger partial charge on any atom is 0.339 e. The molecule has 0 unspecified atom stereocenters. The van der Waals surface area contributed by atoms with E-state index in [4.69, 9.17) is 0 Å². The van der Waals surface area contributed by atoms with Crippen molar-refractivity contribution in [3.05, 3.63) is 45.1 Å². The van der Waals surface area contributed by atoms with Crippen molar-refractivity contribution in [1.82, 2.24) is 0 Å². The topological polar surface area (TPSA) is 95.5 Å². The second kappa shape index (κ2) is 6.87. The highest BCUT2D eigenvalue weighted by atomic mass is 32.1. The number of aromatic carboxylic acids is 1. The summed E-state index contributed by atoms with van der Waals surface area (Å²) in [6, 6.07) is 2.53. The molecule has 6 nitrogen and oxygen atoms in total. The van der Waals surface area contributed by atoms with Crippen LogP contribution in [-0.2, 0) is 17.6 Å². The van der Waals surface area contributed by atoms with Gasteiger partial charge in [-0.05, 0) is 43.0 Å². The van der Waals surface area contributed by atoms with Crippen LogP contribution >= 0.6 is 11.3 Å². The first-order chi connectivity index (χ1) is 12.3. The molecule has 1 aliphatic heterocycles. The summed E-state index contributed by atoms with van der Waals surface area (Å²) < 4.78 is 14.3. The Labute approximate surface area is 153 Å². The van der Waals surface area contributed by atoms with E-state index in [1.807, 2.05) is 6.92 Å². The van der Waals surface area contributed by atoms with E-state index in [0.717, 1.165) is 22.3 Å². The lowest BCUT2D eigenvalue weighted by molar-refractivity contribution is -0.116. The summed E-state index contributed by atoms with van der Waals surface area (Å²) in [4.78, 5) is 36.3. The molecule has 1 aromatic heterocycles. The molecule has 0 spiro atoms. The Morgan fingerprint density at radius 2 is 2.08 bits per heavy atom. The van der Waals surface area contributed by atoms with Gasteiger partial charge in [-0.25, -0.2) is 9.18 Å². The lowest BCUT2D eigenvalue weighted by atomic mass is 9.99. The number of hydrogen-bond donors (Lipinski definition) is 3. The van der Waals surface area contributed by atoms with Gasteiger partial charge in [0.05, 0.1) is 11.1 Å². The highest BCUT2D eigenvalue weighted by Crippen LogP contribution is 2.34. The molecular formula is C18H17FN2O4S. The van der Waals surface area contributed by atoms with Gasteiger partial charge in [-0.3, -0.25) is 9.59 Å². The molecule has 1 aliphatic rings. The number of thiophene rings is 1. The first kappa shape index (κ1) is 18.1. The van der Waals surface area contributed by atoms with Crippen molar-refractivity contribution in [2.45, 2.75) is 33.1 Å². The number of rotatable bonds is 4. The molecule has 136 valence electrons. The molecule has 0 saturated carbocycles. The van der Waals surface area contributed by atoms with Crippen molar-refractivity contribution in [2.75, 3.05) is 10.6 Å². The Morgan fingerprint density at radius 1 is 1.35 bits per heavy atom. The van der Waals surface area contributed by atoms with Crippen molar-refractivity contribution < 1.29 is 23.9 Å². The molecule has 0 atom stereocenters. The summed E-state index contributed by atoms with van der Waals surface area (Å²) in [6.07, 6.45) is 1.21. The van der Waals surface area contributed by atoms with Crippen molar-refractivity contribution in [3.8, 4) is 0 Å². The van der Waals surface area contributed by atoms with Crippen LogP contribution in [0.15, 0.2) is 12.1 Å². The number of carbonyl (C=O) groups excluding carboxylic acids is 2. The van der Waals surface area contributed by atoms with E-state index in [-0.39, 0.29) is 28.5 Å². The third-order valence-electron chi connectivity index (χ3n) is 4.34. The van der Waals surface area contributed by atoms with Crippen LogP contribution in [0.5, 0.6) is 0 Å². The predicted molar refractivity (Wildman–Crippen MR) is 96.7 cm³/mol. The van der Waals surface area contributed by atoms with Crippen LogP contribution < -0.4 is 10.6 Å². The van der Waals surface area contributed by atoms with Gasteiger partial charge in [0.25, 0.3) is 5.91 Å². The molecule has 2 aromatic rings. The average molecular weight is 376 g/mol. The molecule has 0 saturated heterocycles. The summed E-state index contributed by atoms with van der Waals surface area (Å²) >= 11 is 1.16. The van der Waals surface area contributed by atoms with E-state index in [2.05, 4.69) is 10.6 Å². The number of carboxylic acid groups (broad SMARTS) is 1. The molecule has 0 fully saturated rings. The highest BCUT2D eigenvalue weighted by molar-refractivity contribution is 7.16. The second-order valence-electron chi connectivity index (χ2n) is 5.99. The largest absolute Gasteiger partial charge is 0.478 e. The maximum absolute atomic E-state index is 14.3. The van der Waals surface area contributed by atoms with Crippen LogP contribution in [0.25, 0.3) is 0 Å². The van der Waals surface area contributed by atoms with Crippen LogP contribution in [0.1, 0.15) is 50.1 Å². The Morgan fingerprint density at radius 3 is 2.73 bits per heavy atom. The minimum atomic E-state index is -1.13. The average Bonchev–Trinajstić information content (AvgIpc) is 2.89. The first-order valence-corrected chi connectivity index (χ1v) is 8.92. The van der Waals surface area contributed by atoms with Gasteiger partial charge in [-0.15, -0.1) is 11.3 Å². The van der Waals surface area contributed by atoms with E-state index < -0.39 is 17.7 Å². The first-order valence-electron chi connectivity index (χ1n) is 8.11. The van der Waals surface area contributed by atoms with Gasteiger partial charge in [-0.2, -0.15) is 0 Å². The number of aryl methyl sites for hydroxylation is 2. The van der Waals surface area contributed by atoms with Crippen molar-refractivity contribution >= 4 is 39.8 Å². The minimum absolute atomic E-state index is 0.0500. The number of carbonyl (C=O) groups is 3. The van der Waals surface area contributed by atoms with Crippen LogP contribution in [0.4, 0.5) is 15.1 Å². The predicted octanol–water partition coefficient (Wildman–Crippen LogP) is 3.59. The Bertz CT molecular complexity index is 936. The minimum Gasteiger partial charge on any atom is -0.478 e. The molecule has 0 bridgehead atoms. The van der Waals surface area contributed by atoms with E-state index in [9.17, 15) is 23.9 Å². The third kappa shape index (κ3) is 3.20. The Kier molecular flexibility index (Phi) is 4.78. The summed E-state index contributed by atoms with van der Waals surface area (Å²) in [5, 5.41) is 14.8. The van der Waals surface area contributed by atoms with Gasteiger partial charge in [0.2, 0.25) is 5.91 Å². The van der Waals surface area contributed by atoms with Gasteiger partial charge < -0.3 is 15.7 Å². The van der Waals surface area contributed by atoms with Gasteiger partial charge in [0, 0.05) is 17.0 Å². The van der Waals surface area contributed by atoms with E-state index >= 15 is 0 Å². The van der Waals surface area contributed by atoms with Gasteiger partial charge >= 0.3 is 5.97 Å². The van der Waals surface area contributed by atoms with Crippen molar-refractivity contribution in [3.63, 3.8) is 0 Å². The number of fused-ring (bicyclic) bond motifs is 1. The van der Waals surface area contributed by atoms with Crippen LogP contribution in [0.3, 0.4) is 0 Å². The number of benzene rings is 1. The van der Waals surface area contributed by atoms with Crippen LogP contribution in [0.2, 0.25) is 0 Å². The molecule has 1 aromatic carbocycles. The Balaban J connectivity index is 1.95. The zero-order chi connectivity index (χ0) is 19.0. The lowest BCUT2D eigenvalue weighted by Gasteiger charge is -2.18. The number of halogens is 1. The lowest BCUT2D eigenvalue weighted by Crippen LogP contribution is -2.21. The fraction of sp³-hybridized carbons (Fsp3) is 0.278. The van der Waals surface area contributed by atoms with Crippen LogP contribution in [0, 0.1) is 12.7 Å². The summed E-state index contributed by atoms with van der Waals surface area (Å²) in [7, 11) is 0. The smallest absolute Gasteiger partial charge is 0.339 e. The zero-order valence-corrected chi connectivity index (χ0v) is 15.1. The fourth-order valence-corrected chi connectivity index (χ4v) is 4.20. The molecule has 3 N–H and O–H groups in total. The summed E-state index contributed by atoms with van der Waals surface area (Å²) in [5.74, 6) is -2.81. The fourth-order valence-electron chi connectivity index (χ4n) is 3.07. The monoisotopic (exact) mass is 376 g/mol. The van der Waals surface area contributed by atoms with Gasteiger partial charge in [0.1, 0.15) is 10.8 Å². The number of carboxylic acids is 1. The SMILES string of the molecule is CCc1c(C)sc(NC(=O)c2cc3c(cc2F)NC(=O)CC3)c1C(=O)O. The molecule has 26 heavy (non-hydrogen) atoms. The summed E-state index contributed by atoms with van der Waals surface area (Å²) in [6.45, 7) is 3.62. The van der Waals surface area contributed by atoms with E-state index in [0.29, 0.717) is 29.7 Å². The molecular weight excluding hydrogens is 359 g/mol. The highest BCUT2D eigenvalue weighted by Gasteiger charge is 2.25. The summed E-state index contributed by atoms with van der Waals surface area (Å²) in [5.41, 5.74) is 1.56. The molecule has 2 amide bonds. The molecule has 0 aliphatic carbocycles. The van der Waals surface area contributed by atoms with Gasteiger partial charge in [0.15, 0.2) is 0 Å². The maximum atomic E-state index is 14.3. The van der Waals surface area contributed by atoms with E-state index in [1.165, 1.54) is 6.07 Å². The molecule has 8 heteroatoms. The molecule has 2 heterocycles. The van der Waals surface area contributed by atoms with Crippen molar-refractivity contribution in [2.24, 2.45) is 0 Å². The number of nitrogens with one attached hydrogen (secondary N) is 2. The third-order valence-corrected chi connectivity index (χ3v) is 5.40. The number of amides is 2. The molecule has 0 radical (unpaired) electrons.